The van der Waals surface area contributed by atoms with Crippen LogP contribution in [0.25, 0.3) is 0 Å². The fourth-order valence-electron chi connectivity index (χ4n) is 2.11. The molecule has 0 nitrogen and oxygen atoms in total. The lowest BCUT2D eigenvalue weighted by Crippen LogP contribution is -2.56. The summed E-state index contributed by atoms with van der Waals surface area (Å²) in [5.41, 5.74) is 3.41. The first-order valence-electron chi connectivity index (χ1n) is 4.91. The summed E-state index contributed by atoms with van der Waals surface area (Å²) in [6.07, 6.45) is 0. The molecule has 1 rings (SSSR count). The van der Waals surface area contributed by atoms with E-state index < -0.39 is 15.2 Å². The molecule has 0 saturated carbocycles. The Bertz CT molecular complexity index is 200. The molecule has 0 unspecified atom stereocenters. The molecule has 0 aromatic heterocycles. The van der Waals surface area contributed by atoms with Crippen LogP contribution in [0.5, 0.6) is 0 Å². The van der Waals surface area contributed by atoms with E-state index in [1.165, 1.54) is 12.1 Å². The van der Waals surface area contributed by atoms with Gasteiger partial charge in [0.25, 0.3) is 0 Å². The van der Waals surface area contributed by atoms with Gasteiger partial charge in [0.1, 0.15) is 0 Å². The van der Waals surface area contributed by atoms with E-state index in [1.807, 2.05) is 0 Å². The van der Waals surface area contributed by atoms with Gasteiger partial charge in [-0.05, 0) is 25.9 Å². The Kier molecular flexibility index (Phi) is 2.43. The first-order valence-corrected chi connectivity index (χ1v) is 12.3. The molecule has 0 aromatic rings. The Morgan fingerprint density at radius 1 is 0.750 bits per heavy atom. The van der Waals surface area contributed by atoms with Crippen LogP contribution in [0, 0.1) is 0 Å². The maximum atomic E-state index is 2.59. The summed E-state index contributed by atoms with van der Waals surface area (Å²) in [7, 11) is -1.68. The quantitative estimate of drug-likeness (QED) is 0.410. The molecule has 0 spiro atoms. The fraction of sp³-hybridized carbons (Fsp3) is 0.800. The lowest BCUT2D eigenvalue weighted by molar-refractivity contribution is 1.16. The topological polar surface area (TPSA) is 0 Å². The molecule has 0 atom stereocenters. The zero-order chi connectivity index (χ0) is 9.57. The van der Waals surface area contributed by atoms with Crippen LogP contribution >= 0.6 is 0 Å². The summed E-state index contributed by atoms with van der Waals surface area (Å²) in [6, 6.07) is 2.94. The van der Waals surface area contributed by atoms with Gasteiger partial charge in [-0.15, -0.1) is 0 Å². The van der Waals surface area contributed by atoms with E-state index >= 15 is 0 Å². The van der Waals surface area contributed by atoms with E-state index in [2.05, 4.69) is 40.0 Å². The van der Waals surface area contributed by atoms with Crippen molar-refractivity contribution >= 4 is 15.2 Å². The van der Waals surface area contributed by atoms with Crippen LogP contribution in [0.3, 0.4) is 0 Å². The SMILES string of the molecule is CC1=C(C)C[Si](C)(C)[Si](C)(C)C1. The monoisotopic (exact) mass is 198 g/mol. The molecule has 0 saturated heterocycles. The van der Waals surface area contributed by atoms with E-state index in [1.54, 1.807) is 11.1 Å². The molecule has 0 N–H and O–H groups in total. The Morgan fingerprint density at radius 2 is 1.00 bits per heavy atom. The van der Waals surface area contributed by atoms with Gasteiger partial charge in [-0.25, -0.2) is 0 Å². The van der Waals surface area contributed by atoms with Crippen molar-refractivity contribution in [3.8, 4) is 0 Å². The van der Waals surface area contributed by atoms with E-state index in [-0.39, 0.29) is 0 Å². The molecule has 0 bridgehead atoms. The molecular formula is C10H22Si2. The van der Waals surface area contributed by atoms with E-state index in [0.29, 0.717) is 0 Å². The smallest absolute Gasteiger partial charge is 0.0455 e. The zero-order valence-electron chi connectivity index (χ0n) is 9.41. The number of hydrogen-bond donors (Lipinski definition) is 0. The highest BCUT2D eigenvalue weighted by atomic mass is 29.3. The first kappa shape index (κ1) is 10.3. The molecule has 0 aromatic carbocycles. The lowest BCUT2D eigenvalue weighted by atomic mass is 10.2. The Labute approximate surface area is 78.9 Å². The summed E-state index contributed by atoms with van der Waals surface area (Å²) >= 11 is 0. The summed E-state index contributed by atoms with van der Waals surface area (Å²) in [5.74, 6) is 0. The van der Waals surface area contributed by atoms with Gasteiger partial charge < -0.3 is 0 Å². The minimum absolute atomic E-state index is 0.842. The van der Waals surface area contributed by atoms with Crippen LogP contribution in [-0.2, 0) is 0 Å². The first-order chi connectivity index (χ1) is 5.26. The van der Waals surface area contributed by atoms with Crippen LogP contribution in [0.15, 0.2) is 11.1 Å². The van der Waals surface area contributed by atoms with Crippen molar-refractivity contribution in [3.05, 3.63) is 11.1 Å². The predicted octanol–water partition coefficient (Wildman–Crippen LogP) is 3.83. The molecule has 0 radical (unpaired) electrons. The van der Waals surface area contributed by atoms with Crippen LogP contribution < -0.4 is 0 Å². The van der Waals surface area contributed by atoms with Gasteiger partial charge in [-0.3, -0.25) is 0 Å². The summed E-state index contributed by atoms with van der Waals surface area (Å²) in [6.45, 7) is 15.1. The Morgan fingerprint density at radius 3 is 1.25 bits per heavy atom. The van der Waals surface area contributed by atoms with Crippen LogP contribution in [0.1, 0.15) is 13.8 Å². The van der Waals surface area contributed by atoms with Gasteiger partial charge in [0.15, 0.2) is 0 Å². The molecule has 70 valence electrons. The number of allylic oxidation sites excluding steroid dienone is 2. The normalized spacial score (nSPS) is 27.5. The number of rotatable bonds is 0. The third-order valence-electron chi connectivity index (χ3n) is 3.97. The highest BCUT2D eigenvalue weighted by Crippen LogP contribution is 2.38. The van der Waals surface area contributed by atoms with Crippen LogP contribution in [0.2, 0.25) is 38.3 Å². The standard InChI is InChI=1S/C10H22Si2/c1-9-7-11(3,4)12(5,6)8-10(9)2/h7-8H2,1-6H3. The fourth-order valence-corrected chi connectivity index (χ4v) is 10.8. The summed E-state index contributed by atoms with van der Waals surface area (Å²) in [5, 5.41) is 0. The average Bonchev–Trinajstić information content (AvgIpc) is 1.82. The van der Waals surface area contributed by atoms with E-state index in [9.17, 15) is 0 Å². The van der Waals surface area contributed by atoms with Gasteiger partial charge in [-0.2, -0.15) is 0 Å². The van der Waals surface area contributed by atoms with E-state index in [0.717, 1.165) is 0 Å². The molecule has 1 aliphatic heterocycles. The largest absolute Gasteiger partial charge is 0.0775 e. The minimum Gasteiger partial charge on any atom is -0.0775 e. The van der Waals surface area contributed by atoms with Gasteiger partial charge in [0.05, 0.1) is 0 Å². The summed E-state index contributed by atoms with van der Waals surface area (Å²) in [4.78, 5) is 0. The molecule has 0 aliphatic carbocycles. The average molecular weight is 198 g/mol. The maximum absolute atomic E-state index is 2.59. The minimum atomic E-state index is -0.842. The van der Waals surface area contributed by atoms with Crippen molar-refractivity contribution in [1.82, 2.24) is 0 Å². The third kappa shape index (κ3) is 1.59. The Balaban J connectivity index is 3.00. The van der Waals surface area contributed by atoms with Crippen LogP contribution in [0.4, 0.5) is 0 Å². The molecule has 2 heteroatoms. The zero-order valence-corrected chi connectivity index (χ0v) is 11.4. The van der Waals surface area contributed by atoms with Crippen molar-refractivity contribution < 1.29 is 0 Å². The predicted molar refractivity (Wildman–Crippen MR) is 63.0 cm³/mol. The number of hydrogen-bond acceptors (Lipinski definition) is 0. The molecular weight excluding hydrogens is 176 g/mol. The Hall–Kier alpha value is 0.174. The van der Waals surface area contributed by atoms with Gasteiger partial charge in [-0.1, -0.05) is 37.3 Å². The van der Waals surface area contributed by atoms with Crippen molar-refractivity contribution in [2.45, 2.75) is 52.1 Å². The van der Waals surface area contributed by atoms with Crippen molar-refractivity contribution in [3.63, 3.8) is 0 Å². The lowest BCUT2D eigenvalue weighted by Gasteiger charge is -2.43. The van der Waals surface area contributed by atoms with Gasteiger partial charge in [0, 0.05) is 15.2 Å². The molecule has 0 fully saturated rings. The second-order valence-electron chi connectivity index (χ2n) is 5.68. The van der Waals surface area contributed by atoms with Gasteiger partial charge >= 0.3 is 0 Å². The molecule has 0 amide bonds. The summed E-state index contributed by atoms with van der Waals surface area (Å²) < 4.78 is 0. The van der Waals surface area contributed by atoms with Crippen molar-refractivity contribution in [2.24, 2.45) is 0 Å². The van der Waals surface area contributed by atoms with E-state index in [4.69, 9.17) is 0 Å². The third-order valence-corrected chi connectivity index (χ3v) is 22.5. The van der Waals surface area contributed by atoms with Crippen molar-refractivity contribution in [2.75, 3.05) is 0 Å². The molecule has 12 heavy (non-hydrogen) atoms. The highest BCUT2D eigenvalue weighted by molar-refractivity contribution is 7.41. The van der Waals surface area contributed by atoms with Gasteiger partial charge in [0.2, 0.25) is 0 Å². The second kappa shape index (κ2) is 2.84. The molecule has 1 heterocycles. The second-order valence-corrected chi connectivity index (χ2v) is 22.0. The molecule has 1 aliphatic rings. The maximum Gasteiger partial charge on any atom is 0.0455 e. The van der Waals surface area contributed by atoms with Crippen molar-refractivity contribution in [1.29, 1.82) is 0 Å². The highest BCUT2D eigenvalue weighted by Gasteiger charge is 2.43. The van der Waals surface area contributed by atoms with Crippen LogP contribution in [-0.4, -0.2) is 15.2 Å².